The van der Waals surface area contributed by atoms with Crippen LogP contribution in [0.15, 0.2) is 48.8 Å². The van der Waals surface area contributed by atoms with Gasteiger partial charge in [-0.05, 0) is 38.1 Å². The average molecular weight is 475 g/mol. The van der Waals surface area contributed by atoms with Crippen LogP contribution in [-0.2, 0) is 14.3 Å². The van der Waals surface area contributed by atoms with E-state index in [0.717, 1.165) is 11.6 Å². The molecule has 10 nitrogen and oxygen atoms in total. The molecule has 0 aliphatic rings. The molecule has 0 bridgehead atoms. The molecule has 0 fully saturated rings. The van der Waals surface area contributed by atoms with Crippen molar-refractivity contribution in [2.24, 2.45) is 0 Å². The van der Waals surface area contributed by atoms with Crippen molar-refractivity contribution in [2.75, 3.05) is 50.2 Å². The van der Waals surface area contributed by atoms with Gasteiger partial charge >= 0.3 is 41.5 Å². The number of rotatable bonds is 9. The van der Waals surface area contributed by atoms with Crippen LogP contribution in [-0.4, -0.2) is 78.0 Å². The number of aliphatic hydroxyl groups excluding tert-OH is 1. The van der Waals surface area contributed by atoms with E-state index in [1.165, 1.54) is 0 Å². The van der Waals surface area contributed by atoms with Crippen LogP contribution < -0.4 is 39.4 Å². The molecule has 0 spiro atoms. The second-order valence-corrected chi connectivity index (χ2v) is 6.23. The Morgan fingerprint density at radius 1 is 0.909 bits per heavy atom. The smallest absolute Gasteiger partial charge is 0.870 e. The van der Waals surface area contributed by atoms with Gasteiger partial charge in [-0.3, -0.25) is 9.59 Å². The van der Waals surface area contributed by atoms with Crippen molar-refractivity contribution in [1.29, 1.82) is 0 Å². The molecular weight excluding hydrogens is 439 g/mol. The van der Waals surface area contributed by atoms with Crippen LogP contribution in [0.2, 0.25) is 0 Å². The number of pyridine rings is 2. The van der Waals surface area contributed by atoms with E-state index in [-0.39, 0.29) is 54.0 Å². The van der Waals surface area contributed by atoms with Crippen molar-refractivity contribution in [3.05, 3.63) is 48.8 Å². The molecule has 2 aromatic rings. The van der Waals surface area contributed by atoms with E-state index in [0.29, 0.717) is 26.1 Å². The zero-order valence-corrected chi connectivity index (χ0v) is 22.2. The summed E-state index contributed by atoms with van der Waals surface area (Å²) >= 11 is 0. The fourth-order valence-electron chi connectivity index (χ4n) is 2.14. The molecular formula is C22H35N4NaO6. The predicted octanol–water partition coefficient (Wildman–Crippen LogP) is -0.711. The Balaban J connectivity index is -0.000000465. The van der Waals surface area contributed by atoms with E-state index < -0.39 is 5.97 Å². The number of aliphatic hydroxyl groups is 1. The molecule has 0 aliphatic heterocycles. The molecule has 0 atom stereocenters. The maximum atomic E-state index is 11.1. The number of anilines is 2. The molecule has 0 saturated carbocycles. The van der Waals surface area contributed by atoms with Gasteiger partial charge in [0.2, 0.25) is 0 Å². The summed E-state index contributed by atoms with van der Waals surface area (Å²) in [5, 5.41) is 16.0. The Hall–Kier alpha value is -2.24. The van der Waals surface area contributed by atoms with Gasteiger partial charge in [-0.25, -0.2) is 9.97 Å². The Morgan fingerprint density at radius 3 is 1.67 bits per heavy atom. The van der Waals surface area contributed by atoms with Crippen molar-refractivity contribution in [1.82, 2.24) is 9.97 Å². The first-order chi connectivity index (χ1) is 14.8. The van der Waals surface area contributed by atoms with Gasteiger partial charge in [0.25, 0.3) is 0 Å². The summed E-state index contributed by atoms with van der Waals surface area (Å²) in [6.45, 7) is 5.27. The summed E-state index contributed by atoms with van der Waals surface area (Å²) < 4.78 is 4.84. The van der Waals surface area contributed by atoms with Gasteiger partial charge in [-0.1, -0.05) is 12.1 Å². The number of ether oxygens (including phenoxy) is 1. The Labute approximate surface area is 218 Å². The number of carboxylic acids is 1. The first kappa shape index (κ1) is 35.4. The molecule has 2 heterocycles. The molecule has 0 aliphatic carbocycles. The van der Waals surface area contributed by atoms with Gasteiger partial charge in [0, 0.05) is 46.2 Å². The minimum atomic E-state index is -0.789. The topological polar surface area (TPSA) is 146 Å². The summed E-state index contributed by atoms with van der Waals surface area (Å²) in [7, 11) is 3.73. The molecule has 2 aromatic heterocycles. The third-order valence-corrected chi connectivity index (χ3v) is 3.70. The van der Waals surface area contributed by atoms with Gasteiger partial charge in [0.15, 0.2) is 0 Å². The van der Waals surface area contributed by atoms with Crippen LogP contribution in [0.1, 0.15) is 26.7 Å². The Morgan fingerprint density at radius 2 is 1.33 bits per heavy atom. The van der Waals surface area contributed by atoms with Crippen LogP contribution in [0, 0.1) is 0 Å². The second kappa shape index (κ2) is 22.9. The zero-order chi connectivity index (χ0) is 23.5. The van der Waals surface area contributed by atoms with E-state index in [9.17, 15) is 9.59 Å². The molecule has 0 radical (unpaired) electrons. The second-order valence-electron chi connectivity index (χ2n) is 6.23. The van der Waals surface area contributed by atoms with Crippen molar-refractivity contribution < 1.29 is 59.6 Å². The molecule has 33 heavy (non-hydrogen) atoms. The number of hydrogen-bond acceptors (Lipinski definition) is 9. The summed E-state index contributed by atoms with van der Waals surface area (Å²) in [6, 6.07) is 11.2. The van der Waals surface area contributed by atoms with Gasteiger partial charge in [0.1, 0.15) is 11.6 Å². The number of carbonyl (C=O) groups excluding carboxylic acids is 1. The van der Waals surface area contributed by atoms with Gasteiger partial charge < -0.3 is 30.2 Å². The van der Waals surface area contributed by atoms with Crippen LogP contribution in [0.5, 0.6) is 0 Å². The Bertz CT molecular complexity index is 725. The van der Waals surface area contributed by atoms with Crippen molar-refractivity contribution in [2.45, 2.75) is 26.7 Å². The molecule has 0 aromatic carbocycles. The van der Waals surface area contributed by atoms with E-state index >= 15 is 0 Å². The number of carboxylic acid groups (broad SMARTS) is 1. The quantitative estimate of drug-likeness (QED) is 0.353. The molecule has 3 N–H and O–H groups in total. The molecule has 0 saturated heterocycles. The van der Waals surface area contributed by atoms with Crippen LogP contribution in [0.4, 0.5) is 11.6 Å². The van der Waals surface area contributed by atoms with Crippen LogP contribution in [0.25, 0.3) is 0 Å². The summed E-state index contributed by atoms with van der Waals surface area (Å²) in [6.07, 6.45) is 3.94. The van der Waals surface area contributed by atoms with Gasteiger partial charge in [0.05, 0.1) is 19.4 Å². The fraction of sp³-hybridized carbons (Fsp3) is 0.455. The maximum Gasteiger partial charge on any atom is 1.00 e. The monoisotopic (exact) mass is 474 g/mol. The van der Waals surface area contributed by atoms with Crippen LogP contribution >= 0.6 is 0 Å². The molecule has 11 heteroatoms. The predicted molar refractivity (Wildman–Crippen MR) is 123 cm³/mol. The molecule has 0 amide bonds. The number of hydrogen-bond donors (Lipinski definition) is 2. The van der Waals surface area contributed by atoms with Crippen LogP contribution in [0.3, 0.4) is 0 Å². The first-order valence-corrected chi connectivity index (χ1v) is 10.1. The summed E-state index contributed by atoms with van der Waals surface area (Å²) in [5.74, 6) is 0.702. The third kappa shape index (κ3) is 19.0. The number of nitrogens with zero attached hydrogens (tertiary/aromatic N) is 4. The molecule has 2 rings (SSSR count). The summed E-state index contributed by atoms with van der Waals surface area (Å²) in [4.78, 5) is 33.4. The average Bonchev–Trinajstić information content (AvgIpc) is 2.78. The van der Waals surface area contributed by atoms with E-state index in [4.69, 9.17) is 14.9 Å². The largest absolute Gasteiger partial charge is 1.00 e. The molecule has 180 valence electrons. The van der Waals surface area contributed by atoms with Gasteiger partial charge in [-0.2, -0.15) is 0 Å². The first-order valence-electron chi connectivity index (χ1n) is 10.1. The van der Waals surface area contributed by atoms with Gasteiger partial charge in [-0.15, -0.1) is 0 Å². The number of carbonyl (C=O) groups is 2. The minimum Gasteiger partial charge on any atom is -0.870 e. The standard InChI is InChI=1S/C11H16N2O2.C9H12N2O2.C2H6O.Na.H2O/c1-3-15-11(14)7-9-13(2)10-6-4-5-8-12-10;1-11(7-5-9(12)13)8-4-2-3-6-10-8;1-2-3;;/h4-6,8H,3,7,9H2,1-2H3;2-4,6H,5,7H2,1H3,(H,12,13);3H,2H2,1H3;;1H2/q;;;+1;/p-1. The number of aliphatic carboxylic acids is 1. The third-order valence-electron chi connectivity index (χ3n) is 3.70. The number of esters is 1. The van der Waals surface area contributed by atoms with Crippen molar-refractivity contribution in [3.8, 4) is 0 Å². The SMILES string of the molecule is CCO.CCOC(=O)CCN(C)c1ccccn1.CN(CCC(=O)O)c1ccccn1.[Na+].[OH-]. The maximum absolute atomic E-state index is 11.1. The fourth-order valence-corrected chi connectivity index (χ4v) is 2.14. The molecule has 0 unspecified atom stereocenters. The normalized spacial score (nSPS) is 8.76. The minimum absolute atomic E-state index is 0. The summed E-state index contributed by atoms with van der Waals surface area (Å²) in [5.41, 5.74) is 0. The van der Waals surface area contributed by atoms with E-state index in [2.05, 4.69) is 9.97 Å². The Kier molecular flexibility index (Phi) is 24.6. The van der Waals surface area contributed by atoms with Crippen molar-refractivity contribution >= 4 is 23.6 Å². The van der Waals surface area contributed by atoms with Crippen molar-refractivity contribution in [3.63, 3.8) is 0 Å². The zero-order valence-electron chi connectivity index (χ0n) is 20.2. The van der Waals surface area contributed by atoms with E-state index in [1.807, 2.05) is 60.3 Å². The number of aromatic nitrogens is 2. The van der Waals surface area contributed by atoms with E-state index in [1.54, 1.807) is 26.2 Å².